The lowest BCUT2D eigenvalue weighted by atomic mass is 9.94. The zero-order valence-electron chi connectivity index (χ0n) is 17.5. The number of amides is 1. The highest BCUT2D eigenvalue weighted by Gasteiger charge is 2.24. The van der Waals surface area contributed by atoms with Crippen LogP contribution in [0.3, 0.4) is 0 Å². The molecule has 31 heavy (non-hydrogen) atoms. The van der Waals surface area contributed by atoms with Gasteiger partial charge in [-0.1, -0.05) is 24.3 Å². The van der Waals surface area contributed by atoms with E-state index in [9.17, 15) is 4.79 Å². The highest BCUT2D eigenvalue weighted by atomic mass is 16.7. The van der Waals surface area contributed by atoms with Crippen molar-refractivity contribution >= 4 is 16.9 Å². The number of nitrogens with one attached hydrogen (secondary N) is 2. The fourth-order valence-electron chi connectivity index (χ4n) is 3.68. The lowest BCUT2D eigenvalue weighted by Gasteiger charge is -2.30. The van der Waals surface area contributed by atoms with E-state index in [1.54, 1.807) is 19.5 Å². The molecular formula is C23H27N3O5. The molecule has 3 aromatic rings. The lowest BCUT2D eigenvalue weighted by molar-refractivity contribution is -0.189. The molecule has 2 heterocycles. The van der Waals surface area contributed by atoms with Gasteiger partial charge in [0.1, 0.15) is 11.6 Å². The fraction of sp³-hybridized carbons (Fsp3) is 0.391. The summed E-state index contributed by atoms with van der Waals surface area (Å²) in [5.41, 5.74) is 1.22. The van der Waals surface area contributed by atoms with Gasteiger partial charge in [-0.05, 0) is 34.9 Å². The normalized spacial score (nSPS) is 18.6. The van der Waals surface area contributed by atoms with Crippen molar-refractivity contribution in [3.05, 3.63) is 60.2 Å². The number of fused-ring (bicyclic) bond motifs is 1. The molecule has 1 aliphatic rings. The van der Waals surface area contributed by atoms with Crippen LogP contribution in [-0.2, 0) is 20.8 Å². The van der Waals surface area contributed by atoms with Crippen molar-refractivity contribution in [3.8, 4) is 5.75 Å². The molecule has 1 aromatic heterocycles. The molecule has 8 heteroatoms. The number of ether oxygens (including phenoxy) is 4. The lowest BCUT2D eigenvalue weighted by Crippen LogP contribution is -2.32. The molecule has 0 radical (unpaired) electrons. The number of hydrogen-bond donors (Lipinski definition) is 2. The maximum atomic E-state index is 11.7. The molecule has 1 fully saturated rings. The van der Waals surface area contributed by atoms with Gasteiger partial charge in [-0.25, -0.2) is 9.78 Å². The Labute approximate surface area is 180 Å². The summed E-state index contributed by atoms with van der Waals surface area (Å²) in [6.45, 7) is 1.83. The van der Waals surface area contributed by atoms with E-state index in [4.69, 9.17) is 18.9 Å². The van der Waals surface area contributed by atoms with E-state index in [0.717, 1.165) is 17.6 Å². The zero-order chi connectivity index (χ0) is 21.5. The molecule has 1 aliphatic heterocycles. The monoisotopic (exact) mass is 425 g/mol. The highest BCUT2D eigenvalue weighted by Crippen LogP contribution is 2.31. The van der Waals surface area contributed by atoms with Crippen molar-refractivity contribution < 1.29 is 23.7 Å². The van der Waals surface area contributed by atoms with Crippen LogP contribution in [0.4, 0.5) is 4.79 Å². The Morgan fingerprint density at radius 3 is 2.90 bits per heavy atom. The molecule has 0 atom stereocenters. The standard InChI is InChI=1S/C23H27N3O5/c1-28-18-7-8-20-16(12-18)4-2-5-19(20)17-13-29-22(30-14-17)6-3-9-26-23(27)31-15-21-24-10-11-25-21/h2,4-5,7-8,10-12,17,22H,3,6,9,13-15H2,1H3,(H,24,25)(H,26,27). The summed E-state index contributed by atoms with van der Waals surface area (Å²) in [7, 11) is 1.67. The van der Waals surface area contributed by atoms with Crippen molar-refractivity contribution in [2.45, 2.75) is 31.7 Å². The molecular weight excluding hydrogens is 398 g/mol. The van der Waals surface area contributed by atoms with E-state index in [1.807, 2.05) is 12.1 Å². The highest BCUT2D eigenvalue weighted by molar-refractivity contribution is 5.87. The minimum Gasteiger partial charge on any atom is -0.497 e. The molecule has 8 nitrogen and oxygen atoms in total. The molecule has 1 saturated heterocycles. The number of aromatic amines is 1. The third kappa shape index (κ3) is 5.53. The van der Waals surface area contributed by atoms with Crippen molar-refractivity contribution in [2.24, 2.45) is 0 Å². The Bertz CT molecular complexity index is 984. The van der Waals surface area contributed by atoms with E-state index in [1.165, 1.54) is 10.9 Å². The fourth-order valence-corrected chi connectivity index (χ4v) is 3.68. The summed E-state index contributed by atoms with van der Waals surface area (Å²) in [6.07, 6.45) is 4.02. The first-order valence-corrected chi connectivity index (χ1v) is 10.4. The van der Waals surface area contributed by atoms with Gasteiger partial charge in [0, 0.05) is 31.3 Å². The molecule has 0 aliphatic carbocycles. The van der Waals surface area contributed by atoms with Crippen molar-refractivity contribution in [1.29, 1.82) is 0 Å². The molecule has 0 spiro atoms. The summed E-state index contributed by atoms with van der Waals surface area (Å²) in [5, 5.41) is 5.06. The number of hydrogen-bond acceptors (Lipinski definition) is 6. The first kappa shape index (κ1) is 21.1. The number of methoxy groups -OCH3 is 1. The molecule has 164 valence electrons. The van der Waals surface area contributed by atoms with Gasteiger partial charge in [0.25, 0.3) is 0 Å². The van der Waals surface area contributed by atoms with Gasteiger partial charge in [-0.2, -0.15) is 0 Å². The summed E-state index contributed by atoms with van der Waals surface area (Å²) >= 11 is 0. The van der Waals surface area contributed by atoms with Crippen molar-refractivity contribution in [2.75, 3.05) is 26.9 Å². The summed E-state index contributed by atoms with van der Waals surface area (Å²) in [5.74, 6) is 1.64. The minimum absolute atomic E-state index is 0.121. The number of carbonyl (C=O) groups excluding carboxylic acids is 1. The molecule has 2 aromatic carbocycles. The van der Waals surface area contributed by atoms with Gasteiger partial charge in [-0.15, -0.1) is 0 Å². The topological polar surface area (TPSA) is 94.7 Å². The van der Waals surface area contributed by atoms with Crippen LogP contribution in [0.1, 0.15) is 30.1 Å². The van der Waals surface area contributed by atoms with Crippen molar-refractivity contribution in [3.63, 3.8) is 0 Å². The average Bonchev–Trinajstić information content (AvgIpc) is 3.34. The third-order valence-electron chi connectivity index (χ3n) is 5.31. The number of rotatable bonds is 8. The molecule has 0 unspecified atom stereocenters. The third-order valence-corrected chi connectivity index (χ3v) is 5.31. The predicted molar refractivity (Wildman–Crippen MR) is 115 cm³/mol. The van der Waals surface area contributed by atoms with Gasteiger partial charge in [0.05, 0.1) is 20.3 Å². The van der Waals surface area contributed by atoms with Crippen molar-refractivity contribution in [1.82, 2.24) is 15.3 Å². The maximum absolute atomic E-state index is 11.7. The maximum Gasteiger partial charge on any atom is 0.407 e. The predicted octanol–water partition coefficient (Wildman–Crippen LogP) is 3.73. The molecule has 2 N–H and O–H groups in total. The zero-order valence-corrected chi connectivity index (χ0v) is 17.5. The van der Waals surface area contributed by atoms with Gasteiger partial charge < -0.3 is 29.2 Å². The van der Waals surface area contributed by atoms with Crippen LogP contribution in [0.2, 0.25) is 0 Å². The van der Waals surface area contributed by atoms with Crippen LogP contribution in [0, 0.1) is 0 Å². The average molecular weight is 425 g/mol. The molecule has 4 rings (SSSR count). The van der Waals surface area contributed by atoms with Crippen LogP contribution in [-0.4, -0.2) is 49.2 Å². The Balaban J connectivity index is 1.19. The number of imidazole rings is 1. The van der Waals surface area contributed by atoms with Crippen LogP contribution < -0.4 is 10.1 Å². The van der Waals surface area contributed by atoms with E-state index in [2.05, 4.69) is 39.6 Å². The molecule has 1 amide bonds. The number of H-pyrrole nitrogens is 1. The van der Waals surface area contributed by atoms with E-state index in [-0.39, 0.29) is 18.8 Å². The largest absolute Gasteiger partial charge is 0.497 e. The number of benzene rings is 2. The first-order valence-electron chi connectivity index (χ1n) is 10.4. The Kier molecular flexibility index (Phi) is 7.01. The second kappa shape index (κ2) is 10.3. The number of alkyl carbamates (subject to hydrolysis) is 1. The van der Waals surface area contributed by atoms with E-state index >= 15 is 0 Å². The van der Waals surface area contributed by atoms with Crippen LogP contribution in [0.15, 0.2) is 48.8 Å². The van der Waals surface area contributed by atoms with Crippen LogP contribution in [0.5, 0.6) is 5.75 Å². The number of carbonyl (C=O) groups is 1. The second-order valence-electron chi connectivity index (χ2n) is 7.41. The Morgan fingerprint density at radius 2 is 2.13 bits per heavy atom. The summed E-state index contributed by atoms with van der Waals surface area (Å²) in [6, 6.07) is 12.4. The van der Waals surface area contributed by atoms with E-state index < -0.39 is 6.09 Å². The minimum atomic E-state index is -0.463. The number of aromatic nitrogens is 2. The quantitative estimate of drug-likeness (QED) is 0.534. The summed E-state index contributed by atoms with van der Waals surface area (Å²) < 4.78 is 22.3. The van der Waals surface area contributed by atoms with E-state index in [0.29, 0.717) is 32.0 Å². The molecule has 0 saturated carbocycles. The Hall–Kier alpha value is -3.10. The Morgan fingerprint density at radius 1 is 1.26 bits per heavy atom. The van der Waals surface area contributed by atoms with Gasteiger partial charge in [0.2, 0.25) is 0 Å². The van der Waals surface area contributed by atoms with Gasteiger partial charge >= 0.3 is 6.09 Å². The smallest absolute Gasteiger partial charge is 0.407 e. The first-order chi connectivity index (χ1) is 15.2. The second-order valence-corrected chi connectivity index (χ2v) is 7.41. The van der Waals surface area contributed by atoms with Gasteiger partial charge in [0.15, 0.2) is 12.9 Å². The molecule has 0 bridgehead atoms. The van der Waals surface area contributed by atoms with Crippen LogP contribution in [0.25, 0.3) is 10.8 Å². The van der Waals surface area contributed by atoms with Gasteiger partial charge in [-0.3, -0.25) is 0 Å². The number of nitrogens with zero attached hydrogens (tertiary/aromatic N) is 1. The van der Waals surface area contributed by atoms with Crippen LogP contribution >= 0.6 is 0 Å². The summed E-state index contributed by atoms with van der Waals surface area (Å²) in [4.78, 5) is 18.6. The SMILES string of the molecule is COc1ccc2c(C3COC(CCCNC(=O)OCc4ncc[nH]4)OC3)cccc2c1.